The zero-order valence-corrected chi connectivity index (χ0v) is 19.4. The second-order valence-electron chi connectivity index (χ2n) is 6.71. The number of likely N-dealkylation sites (tertiary alicyclic amines) is 1. The van der Waals surface area contributed by atoms with E-state index in [1.54, 1.807) is 0 Å². The zero-order chi connectivity index (χ0) is 18.7. The van der Waals surface area contributed by atoms with Gasteiger partial charge in [-0.25, -0.2) is 0 Å². The summed E-state index contributed by atoms with van der Waals surface area (Å²) in [6.45, 7) is 10.7. The van der Waals surface area contributed by atoms with E-state index in [1.807, 2.05) is 18.7 Å². The molecule has 1 rings (SSSR count). The molecule has 0 radical (unpaired) electrons. The molecular formula is C18H38IN5O2. The van der Waals surface area contributed by atoms with Gasteiger partial charge in [0.05, 0.1) is 12.6 Å². The van der Waals surface area contributed by atoms with Crippen LogP contribution in [0.5, 0.6) is 0 Å². The summed E-state index contributed by atoms with van der Waals surface area (Å²) >= 11 is 0. The number of rotatable bonds is 10. The van der Waals surface area contributed by atoms with Crippen LogP contribution < -0.4 is 10.6 Å². The fourth-order valence-electron chi connectivity index (χ4n) is 2.90. The molecule has 1 amide bonds. The standard InChI is InChI=1S/C18H37N5O2.HI/c1-6-17(24)23-12-9-15(14-23)21-18(19-7-2)20-13-16(25-8-3)10-11-22(4)5;/h15-16H,6-14H2,1-5H3,(H2,19,20,21);1H. The number of guanidine groups is 1. The lowest BCUT2D eigenvalue weighted by Gasteiger charge is -2.21. The van der Waals surface area contributed by atoms with E-state index < -0.39 is 0 Å². The van der Waals surface area contributed by atoms with Gasteiger partial charge in [-0.3, -0.25) is 9.79 Å². The quantitative estimate of drug-likeness (QED) is 0.280. The van der Waals surface area contributed by atoms with Crippen LogP contribution in [0.1, 0.15) is 40.0 Å². The molecule has 1 saturated heterocycles. The highest BCUT2D eigenvalue weighted by molar-refractivity contribution is 14.0. The molecule has 1 aliphatic rings. The van der Waals surface area contributed by atoms with Gasteiger partial charge in [-0.1, -0.05) is 6.92 Å². The van der Waals surface area contributed by atoms with Gasteiger partial charge < -0.3 is 25.2 Å². The summed E-state index contributed by atoms with van der Waals surface area (Å²) in [4.78, 5) is 20.6. The third-order valence-electron chi connectivity index (χ3n) is 4.28. The van der Waals surface area contributed by atoms with Crippen molar-refractivity contribution in [3.8, 4) is 0 Å². The number of hydrogen-bond acceptors (Lipinski definition) is 4. The summed E-state index contributed by atoms with van der Waals surface area (Å²) in [6, 6.07) is 0.264. The zero-order valence-electron chi connectivity index (χ0n) is 17.1. The molecule has 7 nitrogen and oxygen atoms in total. The van der Waals surface area contributed by atoms with Crippen molar-refractivity contribution >= 4 is 35.8 Å². The van der Waals surface area contributed by atoms with Gasteiger partial charge in [0, 0.05) is 45.2 Å². The van der Waals surface area contributed by atoms with Crippen molar-refractivity contribution in [3.05, 3.63) is 0 Å². The molecule has 26 heavy (non-hydrogen) atoms. The van der Waals surface area contributed by atoms with Gasteiger partial charge in [0.15, 0.2) is 5.96 Å². The molecule has 0 aromatic rings. The number of carbonyl (C=O) groups excluding carboxylic acids is 1. The molecule has 1 fully saturated rings. The molecule has 1 aliphatic heterocycles. The van der Waals surface area contributed by atoms with Crippen molar-refractivity contribution in [1.82, 2.24) is 20.4 Å². The topological polar surface area (TPSA) is 69.2 Å². The lowest BCUT2D eigenvalue weighted by Crippen LogP contribution is -2.45. The molecule has 0 aromatic heterocycles. The van der Waals surface area contributed by atoms with E-state index in [0.29, 0.717) is 19.6 Å². The molecule has 1 heterocycles. The number of carbonyl (C=O) groups is 1. The summed E-state index contributed by atoms with van der Waals surface area (Å²) in [5.74, 6) is 1.04. The molecule has 2 N–H and O–H groups in total. The van der Waals surface area contributed by atoms with Crippen LogP contribution in [0.4, 0.5) is 0 Å². The Morgan fingerprint density at radius 1 is 1.35 bits per heavy atom. The number of halogens is 1. The predicted octanol–water partition coefficient (Wildman–Crippen LogP) is 1.53. The van der Waals surface area contributed by atoms with Crippen LogP contribution in [0.2, 0.25) is 0 Å². The van der Waals surface area contributed by atoms with E-state index in [2.05, 4.69) is 36.6 Å². The lowest BCUT2D eigenvalue weighted by atomic mass is 10.2. The van der Waals surface area contributed by atoms with Crippen LogP contribution >= 0.6 is 24.0 Å². The molecule has 154 valence electrons. The highest BCUT2D eigenvalue weighted by Gasteiger charge is 2.25. The number of amides is 1. The summed E-state index contributed by atoms with van der Waals surface area (Å²) in [6.07, 6.45) is 2.63. The van der Waals surface area contributed by atoms with Gasteiger partial charge in [-0.05, 0) is 40.8 Å². The Balaban J connectivity index is 0.00000625. The van der Waals surface area contributed by atoms with E-state index >= 15 is 0 Å². The van der Waals surface area contributed by atoms with E-state index in [4.69, 9.17) is 9.73 Å². The van der Waals surface area contributed by atoms with Crippen LogP contribution in [0.25, 0.3) is 0 Å². The van der Waals surface area contributed by atoms with Crippen LogP contribution in [0, 0.1) is 0 Å². The van der Waals surface area contributed by atoms with Gasteiger partial charge in [-0.2, -0.15) is 0 Å². The second kappa shape index (κ2) is 14.4. The van der Waals surface area contributed by atoms with E-state index in [1.165, 1.54) is 0 Å². The normalized spacial score (nSPS) is 18.6. The summed E-state index contributed by atoms with van der Waals surface area (Å²) in [5, 5.41) is 6.77. The molecule has 0 spiro atoms. The van der Waals surface area contributed by atoms with Gasteiger partial charge in [0.25, 0.3) is 0 Å². The monoisotopic (exact) mass is 483 g/mol. The Kier molecular flexibility index (Phi) is 14.1. The Hall–Kier alpha value is -0.610. The van der Waals surface area contributed by atoms with Crippen molar-refractivity contribution in [2.24, 2.45) is 4.99 Å². The van der Waals surface area contributed by atoms with E-state index in [-0.39, 0.29) is 42.0 Å². The molecule has 8 heteroatoms. The molecule has 0 aliphatic carbocycles. The minimum atomic E-state index is 0. The van der Waals surface area contributed by atoms with Crippen molar-refractivity contribution in [2.45, 2.75) is 52.2 Å². The molecule has 0 aromatic carbocycles. The first-order chi connectivity index (χ1) is 12.0. The highest BCUT2D eigenvalue weighted by Crippen LogP contribution is 2.10. The molecule has 2 unspecified atom stereocenters. The summed E-state index contributed by atoms with van der Waals surface area (Å²) in [5.41, 5.74) is 0. The van der Waals surface area contributed by atoms with Gasteiger partial charge in [0.1, 0.15) is 0 Å². The van der Waals surface area contributed by atoms with Crippen LogP contribution in [-0.4, -0.2) is 87.2 Å². The molecule has 0 bridgehead atoms. The first-order valence-corrected chi connectivity index (χ1v) is 9.59. The fourth-order valence-corrected chi connectivity index (χ4v) is 2.90. The van der Waals surface area contributed by atoms with Gasteiger partial charge in [0.2, 0.25) is 5.91 Å². The molecule has 2 atom stereocenters. The minimum Gasteiger partial charge on any atom is -0.377 e. The highest BCUT2D eigenvalue weighted by atomic mass is 127. The Morgan fingerprint density at radius 3 is 2.65 bits per heavy atom. The number of nitrogens with zero attached hydrogens (tertiary/aromatic N) is 3. The predicted molar refractivity (Wildman–Crippen MR) is 118 cm³/mol. The minimum absolute atomic E-state index is 0. The van der Waals surface area contributed by atoms with Crippen molar-refractivity contribution in [3.63, 3.8) is 0 Å². The van der Waals surface area contributed by atoms with E-state index in [9.17, 15) is 4.79 Å². The lowest BCUT2D eigenvalue weighted by molar-refractivity contribution is -0.129. The Morgan fingerprint density at radius 2 is 2.08 bits per heavy atom. The fraction of sp³-hybridized carbons (Fsp3) is 0.889. The van der Waals surface area contributed by atoms with Crippen molar-refractivity contribution in [2.75, 3.05) is 53.4 Å². The van der Waals surface area contributed by atoms with Crippen molar-refractivity contribution in [1.29, 1.82) is 0 Å². The van der Waals surface area contributed by atoms with E-state index in [0.717, 1.165) is 45.0 Å². The first kappa shape index (κ1) is 25.4. The SMILES string of the molecule is CCNC(=NCC(CCN(C)C)OCC)NC1CCN(C(=O)CC)C1.I. The maximum absolute atomic E-state index is 11.8. The summed E-state index contributed by atoms with van der Waals surface area (Å²) in [7, 11) is 4.14. The number of ether oxygens (including phenoxy) is 1. The van der Waals surface area contributed by atoms with Crippen LogP contribution in [-0.2, 0) is 9.53 Å². The summed E-state index contributed by atoms with van der Waals surface area (Å²) < 4.78 is 5.81. The maximum atomic E-state index is 11.8. The Bertz CT molecular complexity index is 420. The van der Waals surface area contributed by atoms with Crippen molar-refractivity contribution < 1.29 is 9.53 Å². The third kappa shape index (κ3) is 9.91. The average Bonchev–Trinajstić information content (AvgIpc) is 3.05. The maximum Gasteiger partial charge on any atom is 0.222 e. The van der Waals surface area contributed by atoms with Crippen LogP contribution in [0.15, 0.2) is 4.99 Å². The number of nitrogens with one attached hydrogen (secondary N) is 2. The number of hydrogen-bond donors (Lipinski definition) is 2. The molecular weight excluding hydrogens is 445 g/mol. The smallest absolute Gasteiger partial charge is 0.222 e. The first-order valence-electron chi connectivity index (χ1n) is 9.59. The Labute approximate surface area is 176 Å². The second-order valence-corrected chi connectivity index (χ2v) is 6.71. The number of aliphatic imine (C=N–C) groups is 1. The third-order valence-corrected chi connectivity index (χ3v) is 4.28. The van der Waals surface area contributed by atoms with Gasteiger partial charge >= 0.3 is 0 Å². The average molecular weight is 483 g/mol. The largest absolute Gasteiger partial charge is 0.377 e. The van der Waals surface area contributed by atoms with Crippen LogP contribution in [0.3, 0.4) is 0 Å². The molecule has 0 saturated carbocycles. The van der Waals surface area contributed by atoms with Gasteiger partial charge in [-0.15, -0.1) is 24.0 Å².